The number of carboxylic acids is 2. The van der Waals surface area contributed by atoms with Gasteiger partial charge in [-0.3, -0.25) is 4.90 Å². The molecule has 0 spiro atoms. The average Bonchev–Trinajstić information content (AvgIpc) is 2.66. The Morgan fingerprint density at radius 1 is 1.14 bits per heavy atom. The van der Waals surface area contributed by atoms with Crippen molar-refractivity contribution in [1.29, 1.82) is 0 Å². The van der Waals surface area contributed by atoms with Gasteiger partial charge in [-0.15, -0.1) is 0 Å². The molecule has 0 amide bonds. The molecule has 164 valence electrons. The van der Waals surface area contributed by atoms with Crippen molar-refractivity contribution in [3.63, 3.8) is 0 Å². The Hall–Kier alpha value is -2.58. The van der Waals surface area contributed by atoms with Crippen molar-refractivity contribution in [2.45, 2.75) is 52.8 Å². The predicted octanol–water partition coefficient (Wildman–Crippen LogP) is 3.00. The summed E-state index contributed by atoms with van der Waals surface area (Å²) in [6.45, 7) is 6.18. The van der Waals surface area contributed by atoms with Gasteiger partial charge in [0.1, 0.15) is 12.8 Å². The second-order valence-corrected chi connectivity index (χ2v) is 6.26. The standard InChI is InChI=1S/C16H25NO3.C4H4O4.CH4/c1-3-19-14-8-4-5-9-15(14)20-12-13(2)17-11-7-6-10-16(17)18;5-3(6)1-2-4(7)8;/h4-5,8-9,13,16,18H,3,6-7,10-12H2,1-2H3;1-2H,(H,5,6)(H,7,8);1H4. The molecule has 2 rings (SSSR count). The molecule has 2 atom stereocenters. The van der Waals surface area contributed by atoms with Crippen LogP contribution in [0.3, 0.4) is 0 Å². The van der Waals surface area contributed by atoms with Crippen molar-refractivity contribution in [3.8, 4) is 11.5 Å². The maximum atomic E-state index is 10.0. The van der Waals surface area contributed by atoms with Gasteiger partial charge in [0, 0.05) is 24.7 Å². The molecule has 1 aromatic rings. The first-order valence-electron chi connectivity index (χ1n) is 9.27. The first-order chi connectivity index (χ1) is 13.3. The summed E-state index contributed by atoms with van der Waals surface area (Å²) in [4.78, 5) is 21.2. The number of piperidine rings is 1. The van der Waals surface area contributed by atoms with E-state index < -0.39 is 11.9 Å². The van der Waals surface area contributed by atoms with Gasteiger partial charge < -0.3 is 24.8 Å². The molecular formula is C21H33NO7. The number of hydrogen-bond donors (Lipinski definition) is 3. The third kappa shape index (κ3) is 10.5. The highest BCUT2D eigenvalue weighted by Gasteiger charge is 2.25. The molecule has 8 nitrogen and oxygen atoms in total. The van der Waals surface area contributed by atoms with Crippen LogP contribution in [0.25, 0.3) is 0 Å². The van der Waals surface area contributed by atoms with E-state index in [-0.39, 0.29) is 19.7 Å². The van der Waals surface area contributed by atoms with Crippen LogP contribution in [0.1, 0.15) is 40.5 Å². The van der Waals surface area contributed by atoms with Crippen molar-refractivity contribution in [2.75, 3.05) is 19.8 Å². The minimum Gasteiger partial charge on any atom is -0.490 e. The number of para-hydroxylation sites is 2. The van der Waals surface area contributed by atoms with Crippen LogP contribution in [-0.4, -0.2) is 64.2 Å². The zero-order chi connectivity index (χ0) is 20.9. The molecule has 1 aliphatic heterocycles. The fraction of sp³-hybridized carbons (Fsp3) is 0.524. The number of aliphatic carboxylic acids is 2. The zero-order valence-corrected chi connectivity index (χ0v) is 16.3. The summed E-state index contributed by atoms with van der Waals surface area (Å²) < 4.78 is 11.4. The van der Waals surface area contributed by atoms with Crippen LogP contribution >= 0.6 is 0 Å². The highest BCUT2D eigenvalue weighted by atomic mass is 16.5. The molecule has 0 aliphatic carbocycles. The number of nitrogens with zero attached hydrogens (tertiary/aromatic N) is 1. The number of benzene rings is 1. The number of carboxylic acid groups (broad SMARTS) is 2. The molecular weight excluding hydrogens is 378 g/mol. The Morgan fingerprint density at radius 3 is 2.17 bits per heavy atom. The van der Waals surface area contributed by atoms with Gasteiger partial charge in [0.25, 0.3) is 0 Å². The van der Waals surface area contributed by atoms with Crippen molar-refractivity contribution < 1.29 is 34.4 Å². The Bertz CT molecular complexity index is 632. The van der Waals surface area contributed by atoms with E-state index in [1.807, 2.05) is 31.2 Å². The molecule has 0 aromatic heterocycles. The van der Waals surface area contributed by atoms with Gasteiger partial charge in [-0.05, 0) is 45.2 Å². The van der Waals surface area contributed by atoms with Gasteiger partial charge >= 0.3 is 11.9 Å². The van der Waals surface area contributed by atoms with E-state index in [1.54, 1.807) is 0 Å². The van der Waals surface area contributed by atoms with E-state index in [0.29, 0.717) is 25.4 Å². The van der Waals surface area contributed by atoms with E-state index in [9.17, 15) is 14.7 Å². The van der Waals surface area contributed by atoms with Crippen LogP contribution in [0.15, 0.2) is 36.4 Å². The number of rotatable bonds is 8. The number of likely N-dealkylation sites (tertiary alicyclic amines) is 1. The summed E-state index contributed by atoms with van der Waals surface area (Å²) in [7, 11) is 0. The fourth-order valence-electron chi connectivity index (χ4n) is 2.74. The summed E-state index contributed by atoms with van der Waals surface area (Å²) in [5, 5.41) is 25.6. The number of aliphatic hydroxyl groups excluding tert-OH is 1. The average molecular weight is 411 g/mol. The van der Waals surface area contributed by atoms with Crippen LogP contribution in [0.2, 0.25) is 0 Å². The molecule has 0 saturated carbocycles. The van der Waals surface area contributed by atoms with Crippen LogP contribution in [0, 0.1) is 0 Å². The molecule has 29 heavy (non-hydrogen) atoms. The van der Waals surface area contributed by atoms with Gasteiger partial charge in [-0.25, -0.2) is 9.59 Å². The third-order valence-corrected chi connectivity index (χ3v) is 4.08. The Morgan fingerprint density at radius 2 is 1.69 bits per heavy atom. The van der Waals surface area contributed by atoms with E-state index in [4.69, 9.17) is 19.7 Å². The van der Waals surface area contributed by atoms with Crippen molar-refractivity contribution in [1.82, 2.24) is 4.90 Å². The SMILES string of the molecule is C.CCOc1ccccc1OCC(C)N1CCCCC1O.O=C(O)C=CC(=O)O. The van der Waals surface area contributed by atoms with Crippen molar-refractivity contribution in [2.24, 2.45) is 0 Å². The van der Waals surface area contributed by atoms with E-state index in [1.165, 1.54) is 0 Å². The molecule has 2 unspecified atom stereocenters. The second-order valence-electron chi connectivity index (χ2n) is 6.26. The largest absolute Gasteiger partial charge is 0.490 e. The first kappa shape index (κ1) is 26.4. The van der Waals surface area contributed by atoms with Gasteiger partial charge in [-0.2, -0.15) is 0 Å². The Labute approximate surface area is 172 Å². The summed E-state index contributed by atoms with van der Waals surface area (Å²) >= 11 is 0. The molecule has 1 heterocycles. The van der Waals surface area contributed by atoms with Gasteiger partial charge in [0.2, 0.25) is 0 Å². The quantitative estimate of drug-likeness (QED) is 0.559. The highest BCUT2D eigenvalue weighted by molar-refractivity contribution is 5.89. The number of hydrogen-bond acceptors (Lipinski definition) is 6. The van der Waals surface area contributed by atoms with Crippen LogP contribution in [-0.2, 0) is 9.59 Å². The number of ether oxygens (including phenoxy) is 2. The van der Waals surface area contributed by atoms with Crippen LogP contribution < -0.4 is 9.47 Å². The Balaban J connectivity index is 0.000000747. The topological polar surface area (TPSA) is 117 Å². The molecule has 0 radical (unpaired) electrons. The lowest BCUT2D eigenvalue weighted by atomic mass is 10.1. The Kier molecular flexibility index (Phi) is 13.1. The maximum absolute atomic E-state index is 10.0. The minimum absolute atomic E-state index is 0. The second kappa shape index (κ2) is 14.4. The molecule has 1 saturated heterocycles. The summed E-state index contributed by atoms with van der Waals surface area (Å²) in [6, 6.07) is 7.91. The van der Waals surface area contributed by atoms with Crippen molar-refractivity contribution >= 4 is 11.9 Å². The molecule has 1 aliphatic rings. The molecule has 1 aromatic carbocycles. The summed E-state index contributed by atoms with van der Waals surface area (Å²) in [5.41, 5.74) is 0. The van der Waals surface area contributed by atoms with E-state index in [0.717, 1.165) is 37.3 Å². The highest BCUT2D eigenvalue weighted by Crippen LogP contribution is 2.27. The summed E-state index contributed by atoms with van der Waals surface area (Å²) in [6.07, 6.45) is 3.91. The molecule has 3 N–H and O–H groups in total. The maximum Gasteiger partial charge on any atom is 0.328 e. The zero-order valence-electron chi connectivity index (χ0n) is 16.3. The lowest BCUT2D eigenvalue weighted by molar-refractivity contribution is -0.134. The normalized spacial score (nSPS) is 17.4. The van der Waals surface area contributed by atoms with E-state index >= 15 is 0 Å². The van der Waals surface area contributed by atoms with Crippen LogP contribution in [0.5, 0.6) is 11.5 Å². The number of carbonyl (C=O) groups is 2. The first-order valence-corrected chi connectivity index (χ1v) is 9.27. The van der Waals surface area contributed by atoms with E-state index in [2.05, 4.69) is 11.8 Å². The van der Waals surface area contributed by atoms with Crippen LogP contribution in [0.4, 0.5) is 0 Å². The lowest BCUT2D eigenvalue weighted by Crippen LogP contribution is -2.47. The van der Waals surface area contributed by atoms with Crippen molar-refractivity contribution in [3.05, 3.63) is 36.4 Å². The molecule has 0 bridgehead atoms. The van der Waals surface area contributed by atoms with Gasteiger partial charge in [-0.1, -0.05) is 19.6 Å². The lowest BCUT2D eigenvalue weighted by Gasteiger charge is -2.36. The van der Waals surface area contributed by atoms with Gasteiger partial charge in [0.05, 0.1) is 6.61 Å². The molecule has 1 fully saturated rings. The third-order valence-electron chi connectivity index (χ3n) is 4.08. The van der Waals surface area contributed by atoms with Gasteiger partial charge in [0.15, 0.2) is 11.5 Å². The predicted molar refractivity (Wildman–Crippen MR) is 110 cm³/mol. The minimum atomic E-state index is -1.26. The smallest absolute Gasteiger partial charge is 0.328 e. The fourth-order valence-corrected chi connectivity index (χ4v) is 2.74. The monoisotopic (exact) mass is 411 g/mol. The number of aliphatic hydroxyl groups is 1. The molecule has 8 heteroatoms. The summed E-state index contributed by atoms with van der Waals surface area (Å²) in [5.74, 6) is -0.964.